The highest BCUT2D eigenvalue weighted by Crippen LogP contribution is 2.44. The SMILES string of the molecule is CCC(C)Oc1ccc(C2Nc3ccccc3NC3=C2C(=O)CC(c2ccccc2)C3)cc1. The Kier molecular flexibility index (Phi) is 5.91. The maximum Gasteiger partial charge on any atom is 0.163 e. The Morgan fingerprint density at radius 2 is 1.58 bits per heavy atom. The summed E-state index contributed by atoms with van der Waals surface area (Å²) in [7, 11) is 0. The predicted molar refractivity (Wildman–Crippen MR) is 134 cm³/mol. The van der Waals surface area contributed by atoms with Crippen LogP contribution in [0.2, 0.25) is 0 Å². The second-order valence-corrected chi connectivity index (χ2v) is 8.98. The van der Waals surface area contributed by atoms with E-state index in [4.69, 9.17) is 4.74 Å². The van der Waals surface area contributed by atoms with Crippen LogP contribution in [0.4, 0.5) is 11.4 Å². The van der Waals surface area contributed by atoms with Gasteiger partial charge in [-0.2, -0.15) is 0 Å². The number of anilines is 2. The lowest BCUT2D eigenvalue weighted by Gasteiger charge is -2.30. The number of benzene rings is 3. The minimum absolute atomic E-state index is 0.173. The highest BCUT2D eigenvalue weighted by molar-refractivity contribution is 6.01. The number of fused-ring (bicyclic) bond motifs is 1. The van der Waals surface area contributed by atoms with Crippen molar-refractivity contribution in [3.05, 3.63) is 101 Å². The Morgan fingerprint density at radius 1 is 0.879 bits per heavy atom. The molecule has 3 unspecified atom stereocenters. The van der Waals surface area contributed by atoms with E-state index in [1.807, 2.05) is 42.5 Å². The molecule has 0 fully saturated rings. The molecule has 1 aliphatic heterocycles. The highest BCUT2D eigenvalue weighted by atomic mass is 16.5. The quantitative estimate of drug-likeness (QED) is 0.458. The van der Waals surface area contributed by atoms with E-state index in [-0.39, 0.29) is 23.8 Å². The van der Waals surface area contributed by atoms with Gasteiger partial charge in [0, 0.05) is 17.7 Å². The van der Waals surface area contributed by atoms with Crippen LogP contribution in [0, 0.1) is 0 Å². The molecule has 0 amide bonds. The molecule has 4 nitrogen and oxygen atoms in total. The Morgan fingerprint density at radius 3 is 2.30 bits per heavy atom. The van der Waals surface area contributed by atoms with Crippen molar-refractivity contribution in [3.8, 4) is 5.75 Å². The van der Waals surface area contributed by atoms with Crippen LogP contribution in [0.25, 0.3) is 0 Å². The lowest BCUT2D eigenvalue weighted by molar-refractivity contribution is -0.116. The number of hydrogen-bond donors (Lipinski definition) is 2. The van der Waals surface area contributed by atoms with E-state index in [1.165, 1.54) is 5.56 Å². The Balaban J connectivity index is 1.53. The first-order chi connectivity index (χ1) is 16.1. The molecule has 3 aromatic rings. The van der Waals surface area contributed by atoms with Crippen molar-refractivity contribution in [1.29, 1.82) is 0 Å². The van der Waals surface area contributed by atoms with Crippen LogP contribution in [0.1, 0.15) is 56.2 Å². The number of para-hydroxylation sites is 2. The highest BCUT2D eigenvalue weighted by Gasteiger charge is 2.36. The molecule has 5 rings (SSSR count). The molecule has 2 N–H and O–H groups in total. The molecule has 168 valence electrons. The van der Waals surface area contributed by atoms with E-state index in [1.54, 1.807) is 0 Å². The molecule has 3 aromatic carbocycles. The third kappa shape index (κ3) is 4.38. The van der Waals surface area contributed by atoms with Crippen LogP contribution in [0.3, 0.4) is 0 Å². The van der Waals surface area contributed by atoms with Crippen LogP contribution in [-0.2, 0) is 4.79 Å². The van der Waals surface area contributed by atoms with E-state index in [0.717, 1.165) is 46.8 Å². The van der Waals surface area contributed by atoms with Crippen molar-refractivity contribution in [2.24, 2.45) is 0 Å². The van der Waals surface area contributed by atoms with Gasteiger partial charge in [-0.05, 0) is 61.1 Å². The van der Waals surface area contributed by atoms with Gasteiger partial charge in [0.05, 0.1) is 23.5 Å². The molecule has 0 saturated heterocycles. The zero-order valence-corrected chi connectivity index (χ0v) is 19.2. The lowest BCUT2D eigenvalue weighted by Crippen LogP contribution is -2.26. The monoisotopic (exact) mass is 438 g/mol. The van der Waals surface area contributed by atoms with Gasteiger partial charge in [0.25, 0.3) is 0 Å². The minimum atomic E-state index is -0.210. The molecule has 0 radical (unpaired) electrons. The molecule has 2 aliphatic rings. The maximum absolute atomic E-state index is 13.6. The molecule has 0 aromatic heterocycles. The Hall–Kier alpha value is -3.53. The first kappa shape index (κ1) is 21.3. The number of allylic oxidation sites excluding steroid dienone is 1. The summed E-state index contributed by atoms with van der Waals surface area (Å²) in [6.07, 6.45) is 2.47. The fraction of sp³-hybridized carbons (Fsp3) is 0.276. The predicted octanol–water partition coefficient (Wildman–Crippen LogP) is 6.84. The number of ether oxygens (including phenoxy) is 1. The molecule has 4 heteroatoms. The van der Waals surface area contributed by atoms with Crippen molar-refractivity contribution >= 4 is 17.2 Å². The number of carbonyl (C=O) groups excluding carboxylic acids is 1. The van der Waals surface area contributed by atoms with Gasteiger partial charge in [0.2, 0.25) is 0 Å². The first-order valence-corrected chi connectivity index (χ1v) is 11.8. The summed E-state index contributed by atoms with van der Waals surface area (Å²) in [5.41, 5.74) is 6.14. The van der Waals surface area contributed by atoms with E-state index in [2.05, 4.69) is 60.9 Å². The topological polar surface area (TPSA) is 50.4 Å². The molecule has 1 aliphatic carbocycles. The van der Waals surface area contributed by atoms with Gasteiger partial charge in [-0.25, -0.2) is 0 Å². The van der Waals surface area contributed by atoms with Crippen LogP contribution in [0.15, 0.2) is 90.1 Å². The van der Waals surface area contributed by atoms with Crippen molar-refractivity contribution in [2.45, 2.75) is 51.2 Å². The maximum atomic E-state index is 13.6. The van der Waals surface area contributed by atoms with Crippen molar-refractivity contribution in [3.63, 3.8) is 0 Å². The zero-order chi connectivity index (χ0) is 22.8. The smallest absolute Gasteiger partial charge is 0.163 e. The van der Waals surface area contributed by atoms with Gasteiger partial charge in [-0.15, -0.1) is 0 Å². The number of hydrogen-bond acceptors (Lipinski definition) is 4. The summed E-state index contributed by atoms with van der Waals surface area (Å²) in [5.74, 6) is 1.23. The fourth-order valence-corrected chi connectivity index (χ4v) is 4.76. The summed E-state index contributed by atoms with van der Waals surface area (Å²) in [6.45, 7) is 4.19. The van der Waals surface area contributed by atoms with Crippen LogP contribution < -0.4 is 15.4 Å². The third-order valence-electron chi connectivity index (χ3n) is 6.71. The standard InChI is InChI=1S/C29H30N2O2/c1-3-19(2)33-23-15-13-21(14-16-23)29-28-26(30-24-11-7-8-12-25(24)31-29)17-22(18-27(28)32)20-9-5-4-6-10-20/h4-16,19,22,29-31H,3,17-18H2,1-2H3. The Bertz CT molecular complexity index is 1170. The van der Waals surface area contributed by atoms with Crippen molar-refractivity contribution < 1.29 is 9.53 Å². The normalized spacial score (nSPS) is 20.6. The zero-order valence-electron chi connectivity index (χ0n) is 19.2. The molecular weight excluding hydrogens is 408 g/mol. The molecule has 1 heterocycles. The average molecular weight is 439 g/mol. The van der Waals surface area contributed by atoms with Gasteiger partial charge in [-0.1, -0.05) is 61.5 Å². The van der Waals surface area contributed by atoms with Crippen LogP contribution >= 0.6 is 0 Å². The number of carbonyl (C=O) groups is 1. The summed E-state index contributed by atoms with van der Waals surface area (Å²) in [4.78, 5) is 13.6. The van der Waals surface area contributed by atoms with Gasteiger partial charge < -0.3 is 15.4 Å². The van der Waals surface area contributed by atoms with Crippen LogP contribution in [0.5, 0.6) is 5.75 Å². The number of nitrogens with one attached hydrogen (secondary N) is 2. The minimum Gasteiger partial charge on any atom is -0.491 e. The molecular formula is C29H30N2O2. The summed E-state index contributed by atoms with van der Waals surface area (Å²) >= 11 is 0. The largest absolute Gasteiger partial charge is 0.491 e. The lowest BCUT2D eigenvalue weighted by atomic mass is 9.78. The van der Waals surface area contributed by atoms with E-state index in [0.29, 0.717) is 6.42 Å². The molecule has 3 atom stereocenters. The summed E-state index contributed by atoms with van der Waals surface area (Å²) < 4.78 is 5.97. The summed E-state index contributed by atoms with van der Waals surface area (Å²) in [6, 6.07) is 26.5. The van der Waals surface area contributed by atoms with Crippen molar-refractivity contribution in [1.82, 2.24) is 0 Å². The Labute approximate surface area is 195 Å². The van der Waals surface area contributed by atoms with Crippen LogP contribution in [-0.4, -0.2) is 11.9 Å². The van der Waals surface area contributed by atoms with E-state index < -0.39 is 0 Å². The second kappa shape index (κ2) is 9.14. The summed E-state index contributed by atoms with van der Waals surface area (Å²) in [5, 5.41) is 7.26. The molecule has 33 heavy (non-hydrogen) atoms. The molecule has 0 bridgehead atoms. The number of Topliss-reactive ketones (excluding diaryl/α,β-unsaturated/α-hetero) is 1. The first-order valence-electron chi connectivity index (χ1n) is 11.8. The van der Waals surface area contributed by atoms with Gasteiger partial charge in [0.1, 0.15) is 5.75 Å². The molecule has 0 spiro atoms. The van der Waals surface area contributed by atoms with E-state index in [9.17, 15) is 4.79 Å². The van der Waals surface area contributed by atoms with Crippen molar-refractivity contribution in [2.75, 3.05) is 10.6 Å². The number of rotatable bonds is 5. The van der Waals surface area contributed by atoms with Gasteiger partial charge in [-0.3, -0.25) is 4.79 Å². The fourth-order valence-electron chi connectivity index (χ4n) is 4.76. The van der Waals surface area contributed by atoms with E-state index >= 15 is 0 Å². The van der Waals surface area contributed by atoms with Gasteiger partial charge >= 0.3 is 0 Å². The average Bonchev–Trinajstić information content (AvgIpc) is 3.02. The molecule has 0 saturated carbocycles. The third-order valence-corrected chi connectivity index (χ3v) is 6.71. The van der Waals surface area contributed by atoms with Gasteiger partial charge in [0.15, 0.2) is 5.78 Å². The second-order valence-electron chi connectivity index (χ2n) is 8.98. The number of ketones is 1.